The van der Waals surface area contributed by atoms with Gasteiger partial charge in [0.15, 0.2) is 0 Å². The van der Waals surface area contributed by atoms with Gasteiger partial charge in [0.05, 0.1) is 13.0 Å². The van der Waals surface area contributed by atoms with Crippen LogP contribution in [0.5, 0.6) is 0 Å². The van der Waals surface area contributed by atoms with Crippen molar-refractivity contribution in [1.29, 1.82) is 0 Å². The summed E-state index contributed by atoms with van der Waals surface area (Å²) in [5.41, 5.74) is 4.92. The molecule has 2 aromatic rings. The number of aromatic nitrogens is 2. The van der Waals surface area contributed by atoms with Crippen molar-refractivity contribution in [2.75, 3.05) is 14.1 Å². The van der Waals surface area contributed by atoms with Crippen LogP contribution in [0.1, 0.15) is 12.1 Å². The highest BCUT2D eigenvalue weighted by Crippen LogP contribution is 2.19. The van der Waals surface area contributed by atoms with Crippen LogP contribution in [0.3, 0.4) is 0 Å². The molecule has 6 nitrogen and oxygen atoms in total. The molecule has 2 rings (SSSR count). The lowest BCUT2D eigenvalue weighted by atomic mass is 10.3. The number of aliphatic carboxylic acids is 1. The van der Waals surface area contributed by atoms with Gasteiger partial charge in [0.2, 0.25) is 0 Å². The predicted octanol–water partition coefficient (Wildman–Crippen LogP) is 1.08. The van der Waals surface area contributed by atoms with Gasteiger partial charge in [0.25, 0.3) is 0 Å². The highest BCUT2D eigenvalue weighted by atomic mass is 16.4. The fourth-order valence-corrected chi connectivity index (χ4v) is 2.05. The third-order valence-corrected chi connectivity index (χ3v) is 3.07. The number of nitrogens with zero attached hydrogens (tertiary/aromatic N) is 3. The summed E-state index contributed by atoms with van der Waals surface area (Å²) in [4.78, 5) is 15.1. The molecule has 2 aromatic heterocycles. The topological polar surface area (TPSA) is 70.4 Å². The highest BCUT2D eigenvalue weighted by Gasteiger charge is 2.12. The molecule has 2 heterocycles. The van der Waals surface area contributed by atoms with Crippen LogP contribution >= 0.6 is 0 Å². The van der Waals surface area contributed by atoms with Crippen molar-refractivity contribution in [3.63, 3.8) is 0 Å². The van der Waals surface area contributed by atoms with E-state index in [0.29, 0.717) is 13.1 Å². The summed E-state index contributed by atoms with van der Waals surface area (Å²) >= 11 is 0. The maximum atomic E-state index is 10.8. The largest absolute Gasteiger partial charge is 0.481 e. The molecule has 0 bridgehead atoms. The minimum atomic E-state index is -0.800. The Morgan fingerprint density at radius 1 is 1.58 bits per heavy atom. The van der Waals surface area contributed by atoms with Gasteiger partial charge in [-0.1, -0.05) is 0 Å². The number of rotatable bonds is 6. The molecule has 0 amide bonds. The molecule has 102 valence electrons. The van der Waals surface area contributed by atoms with Crippen molar-refractivity contribution in [2.24, 2.45) is 0 Å². The summed E-state index contributed by atoms with van der Waals surface area (Å²) in [6.45, 7) is 1.12. The number of nitrogens with one attached hydrogen (secondary N) is 1. The number of carbonyl (C=O) groups is 1. The number of hydrogen-bond acceptors (Lipinski definition) is 4. The SMILES string of the molecule is CNN(C)Cc1cc2cccnc2n1CCC(=O)O. The highest BCUT2D eigenvalue weighted by molar-refractivity contribution is 5.77. The van der Waals surface area contributed by atoms with Crippen LogP contribution in [-0.4, -0.2) is 39.7 Å². The zero-order chi connectivity index (χ0) is 13.8. The average molecular weight is 262 g/mol. The molecule has 0 fully saturated rings. The number of carboxylic acid groups (broad SMARTS) is 1. The molecule has 0 aliphatic heterocycles. The summed E-state index contributed by atoms with van der Waals surface area (Å²) < 4.78 is 1.97. The maximum Gasteiger partial charge on any atom is 0.305 e. The van der Waals surface area contributed by atoms with E-state index in [1.807, 2.05) is 35.8 Å². The smallest absolute Gasteiger partial charge is 0.305 e. The Labute approximate surface area is 111 Å². The second-order valence-electron chi connectivity index (χ2n) is 4.43. The van der Waals surface area contributed by atoms with Gasteiger partial charge < -0.3 is 9.67 Å². The second kappa shape index (κ2) is 5.81. The number of hydrogen-bond donors (Lipinski definition) is 2. The summed E-state index contributed by atoms with van der Waals surface area (Å²) in [5.74, 6) is -0.800. The lowest BCUT2D eigenvalue weighted by molar-refractivity contribution is -0.137. The lowest BCUT2D eigenvalue weighted by Crippen LogP contribution is -2.31. The third kappa shape index (κ3) is 3.10. The van der Waals surface area contributed by atoms with E-state index in [-0.39, 0.29) is 6.42 Å². The molecule has 6 heteroatoms. The molecule has 0 saturated carbocycles. The summed E-state index contributed by atoms with van der Waals surface area (Å²) in [6.07, 6.45) is 1.82. The van der Waals surface area contributed by atoms with Gasteiger partial charge >= 0.3 is 5.97 Å². The zero-order valence-electron chi connectivity index (χ0n) is 11.1. The van der Waals surface area contributed by atoms with E-state index in [1.165, 1.54) is 0 Å². The van der Waals surface area contributed by atoms with Gasteiger partial charge in [-0.05, 0) is 25.2 Å². The molecule has 0 atom stereocenters. The fraction of sp³-hybridized carbons (Fsp3) is 0.385. The number of fused-ring (bicyclic) bond motifs is 1. The van der Waals surface area contributed by atoms with Gasteiger partial charge in [0, 0.05) is 30.9 Å². The van der Waals surface area contributed by atoms with Crippen molar-refractivity contribution in [3.05, 3.63) is 30.1 Å². The first-order valence-electron chi connectivity index (χ1n) is 6.15. The standard InChI is InChI=1S/C13H18N4O2/c1-14-16(2)9-11-8-10-4-3-6-15-13(10)17(11)7-5-12(18)19/h3-4,6,8,14H,5,7,9H2,1-2H3,(H,18,19). The lowest BCUT2D eigenvalue weighted by Gasteiger charge is -2.16. The van der Waals surface area contributed by atoms with Crippen molar-refractivity contribution < 1.29 is 9.90 Å². The Morgan fingerprint density at radius 3 is 3.05 bits per heavy atom. The van der Waals surface area contributed by atoms with Crippen LogP contribution in [0.15, 0.2) is 24.4 Å². The van der Waals surface area contributed by atoms with Gasteiger partial charge in [-0.3, -0.25) is 10.2 Å². The second-order valence-corrected chi connectivity index (χ2v) is 4.43. The fourth-order valence-electron chi connectivity index (χ4n) is 2.05. The molecule has 0 radical (unpaired) electrons. The summed E-state index contributed by atoms with van der Waals surface area (Å²) in [6, 6.07) is 5.93. The maximum absolute atomic E-state index is 10.8. The van der Waals surface area contributed by atoms with Gasteiger partial charge in [-0.25, -0.2) is 9.99 Å². The number of pyridine rings is 1. The first kappa shape index (κ1) is 13.5. The van der Waals surface area contributed by atoms with Crippen LogP contribution < -0.4 is 5.43 Å². The molecule has 0 spiro atoms. The van der Waals surface area contributed by atoms with Crippen molar-refractivity contribution in [1.82, 2.24) is 20.0 Å². The Hall–Kier alpha value is -1.92. The molecule has 0 unspecified atom stereocenters. The van der Waals surface area contributed by atoms with Crippen molar-refractivity contribution >= 4 is 17.0 Å². The minimum absolute atomic E-state index is 0.0939. The molecule has 19 heavy (non-hydrogen) atoms. The molecule has 0 saturated heterocycles. The normalized spacial score (nSPS) is 11.3. The quantitative estimate of drug-likeness (QED) is 0.762. The molecular formula is C13H18N4O2. The van der Waals surface area contributed by atoms with Crippen LogP contribution in [0, 0.1) is 0 Å². The minimum Gasteiger partial charge on any atom is -0.481 e. The molecular weight excluding hydrogens is 244 g/mol. The Morgan fingerprint density at radius 2 is 2.37 bits per heavy atom. The number of carboxylic acids is 1. The first-order valence-corrected chi connectivity index (χ1v) is 6.15. The van der Waals surface area contributed by atoms with Crippen LogP contribution in [0.2, 0.25) is 0 Å². The Kier molecular flexibility index (Phi) is 4.13. The van der Waals surface area contributed by atoms with E-state index in [2.05, 4.69) is 16.5 Å². The molecule has 2 N–H and O–H groups in total. The van der Waals surface area contributed by atoms with Crippen molar-refractivity contribution in [2.45, 2.75) is 19.5 Å². The third-order valence-electron chi connectivity index (χ3n) is 3.07. The van der Waals surface area contributed by atoms with Gasteiger partial charge in [0.1, 0.15) is 5.65 Å². The first-order chi connectivity index (χ1) is 9.11. The van der Waals surface area contributed by atoms with Gasteiger partial charge in [-0.2, -0.15) is 0 Å². The zero-order valence-corrected chi connectivity index (χ0v) is 11.1. The number of hydrazine groups is 1. The molecule has 0 aliphatic carbocycles. The van der Waals surface area contributed by atoms with E-state index in [4.69, 9.17) is 5.11 Å². The van der Waals surface area contributed by atoms with E-state index in [1.54, 1.807) is 6.20 Å². The molecule has 0 aromatic carbocycles. The number of aryl methyl sites for hydroxylation is 1. The average Bonchev–Trinajstić information content (AvgIpc) is 2.73. The summed E-state index contributed by atoms with van der Waals surface area (Å²) in [5, 5.41) is 11.8. The molecule has 0 aliphatic rings. The van der Waals surface area contributed by atoms with E-state index >= 15 is 0 Å². The Bertz CT molecular complexity index is 579. The Balaban J connectivity index is 2.36. The van der Waals surface area contributed by atoms with E-state index < -0.39 is 5.97 Å². The van der Waals surface area contributed by atoms with Crippen LogP contribution in [-0.2, 0) is 17.9 Å². The predicted molar refractivity (Wildman–Crippen MR) is 72.5 cm³/mol. The van der Waals surface area contributed by atoms with E-state index in [9.17, 15) is 4.79 Å². The summed E-state index contributed by atoms with van der Waals surface area (Å²) in [7, 11) is 3.79. The van der Waals surface area contributed by atoms with Crippen molar-refractivity contribution in [3.8, 4) is 0 Å². The van der Waals surface area contributed by atoms with Crippen LogP contribution in [0.25, 0.3) is 11.0 Å². The van der Waals surface area contributed by atoms with E-state index in [0.717, 1.165) is 16.7 Å². The van der Waals surface area contributed by atoms with Crippen LogP contribution in [0.4, 0.5) is 0 Å². The van der Waals surface area contributed by atoms with Gasteiger partial charge in [-0.15, -0.1) is 0 Å². The monoisotopic (exact) mass is 262 g/mol.